The number of rotatable bonds is 6. The molecule has 1 aliphatic rings. The normalized spacial score (nSPS) is 17.8. The number of carbonyl (C=O) groups is 2. The monoisotopic (exact) mass is 404 g/mol. The van der Waals surface area contributed by atoms with Gasteiger partial charge in [-0.15, -0.1) is 0 Å². The van der Waals surface area contributed by atoms with Crippen molar-refractivity contribution in [2.24, 2.45) is 0 Å². The zero-order valence-electron chi connectivity index (χ0n) is 17.8. The first-order chi connectivity index (χ1) is 14.6. The summed E-state index contributed by atoms with van der Waals surface area (Å²) in [5.74, 6) is -0.558. The fourth-order valence-electron chi connectivity index (χ4n) is 2.81. The van der Waals surface area contributed by atoms with E-state index >= 15 is 0 Å². The zero-order valence-corrected chi connectivity index (χ0v) is 15.6. The highest BCUT2D eigenvalue weighted by atomic mass is 35.5. The van der Waals surface area contributed by atoms with Gasteiger partial charge in [-0.1, -0.05) is 18.2 Å². The van der Waals surface area contributed by atoms with E-state index in [2.05, 4.69) is 27.2 Å². The summed E-state index contributed by atoms with van der Waals surface area (Å²) in [6, 6.07) is 6.45. The molecule has 2 amide bonds. The van der Waals surface area contributed by atoms with Gasteiger partial charge in [0.05, 0.1) is 17.3 Å². The summed E-state index contributed by atoms with van der Waals surface area (Å²) in [7, 11) is -2.68. The maximum atomic E-state index is 12.8. The van der Waals surface area contributed by atoms with Crippen molar-refractivity contribution in [1.29, 1.82) is 0 Å². The Morgan fingerprint density at radius 2 is 2.21 bits per heavy atom. The van der Waals surface area contributed by atoms with Crippen LogP contribution in [0.5, 0.6) is 5.88 Å². The van der Waals surface area contributed by atoms with Crippen LogP contribution in [0.3, 0.4) is 0 Å². The predicted molar refractivity (Wildman–Crippen MR) is 107 cm³/mol. The SMILES string of the molecule is [2H]C([2H])([2H])Oc1nc(N[C@H]2CCN(C(=O)c3ccc(NC(=O)C=C)cc3)C2)ncc1Cl. The third-order valence-electron chi connectivity index (χ3n) is 4.20. The Hall–Kier alpha value is -3.13. The van der Waals surface area contributed by atoms with Crippen molar-refractivity contribution >= 4 is 35.1 Å². The number of halogens is 1. The van der Waals surface area contributed by atoms with Crippen LogP contribution >= 0.6 is 11.6 Å². The van der Waals surface area contributed by atoms with Crippen LogP contribution in [0.25, 0.3) is 0 Å². The molecule has 1 aliphatic heterocycles. The van der Waals surface area contributed by atoms with Gasteiger partial charge in [0.2, 0.25) is 17.7 Å². The molecule has 1 saturated heterocycles. The molecular weight excluding hydrogens is 382 g/mol. The first-order valence-electron chi connectivity index (χ1n) is 9.95. The fourth-order valence-corrected chi connectivity index (χ4v) is 2.94. The second kappa shape index (κ2) is 8.71. The molecule has 3 rings (SSSR count). The number of carbonyl (C=O) groups excluding carboxylic acids is 2. The highest BCUT2D eigenvalue weighted by Gasteiger charge is 2.27. The minimum Gasteiger partial charge on any atom is -0.480 e. The molecule has 1 aromatic carbocycles. The fraction of sp³-hybridized carbons (Fsp3) is 0.263. The number of nitrogens with zero attached hydrogens (tertiary/aromatic N) is 3. The third-order valence-corrected chi connectivity index (χ3v) is 4.46. The summed E-state index contributed by atoms with van der Waals surface area (Å²) < 4.78 is 26.3. The molecule has 0 saturated carbocycles. The Morgan fingerprint density at radius 3 is 2.93 bits per heavy atom. The van der Waals surface area contributed by atoms with Crippen molar-refractivity contribution < 1.29 is 18.4 Å². The highest BCUT2D eigenvalue weighted by molar-refractivity contribution is 6.31. The molecule has 9 heteroatoms. The van der Waals surface area contributed by atoms with Crippen molar-refractivity contribution in [1.82, 2.24) is 14.9 Å². The van der Waals surface area contributed by atoms with E-state index in [9.17, 15) is 9.59 Å². The molecule has 8 nitrogen and oxygen atoms in total. The Labute approximate surface area is 171 Å². The quantitative estimate of drug-likeness (QED) is 0.718. The molecule has 0 unspecified atom stereocenters. The first kappa shape index (κ1) is 15.9. The topological polar surface area (TPSA) is 96.5 Å². The highest BCUT2D eigenvalue weighted by Crippen LogP contribution is 2.23. The molecule has 2 N–H and O–H groups in total. The molecule has 1 fully saturated rings. The Kier molecular flexibility index (Phi) is 4.94. The summed E-state index contributed by atoms with van der Waals surface area (Å²) in [5.41, 5.74) is 1.06. The maximum Gasteiger partial charge on any atom is 0.253 e. The van der Waals surface area contributed by atoms with Gasteiger partial charge in [0.25, 0.3) is 5.91 Å². The van der Waals surface area contributed by atoms with Crippen LogP contribution in [0.1, 0.15) is 20.9 Å². The number of anilines is 2. The van der Waals surface area contributed by atoms with Crippen molar-refractivity contribution in [2.45, 2.75) is 12.5 Å². The molecule has 2 heterocycles. The van der Waals surface area contributed by atoms with Crippen molar-refractivity contribution in [2.75, 3.05) is 30.8 Å². The van der Waals surface area contributed by atoms with E-state index in [0.29, 0.717) is 30.8 Å². The van der Waals surface area contributed by atoms with E-state index in [4.69, 9.17) is 20.5 Å². The largest absolute Gasteiger partial charge is 0.480 e. The van der Waals surface area contributed by atoms with Gasteiger partial charge in [-0.2, -0.15) is 4.98 Å². The van der Waals surface area contributed by atoms with E-state index in [1.165, 1.54) is 12.3 Å². The van der Waals surface area contributed by atoms with Gasteiger partial charge in [0.15, 0.2) is 0 Å². The first-order valence-corrected chi connectivity index (χ1v) is 8.83. The van der Waals surface area contributed by atoms with Crippen LogP contribution in [0.2, 0.25) is 5.02 Å². The number of ether oxygens (including phenoxy) is 1. The van der Waals surface area contributed by atoms with E-state index in [0.717, 1.165) is 0 Å². The molecule has 1 atom stereocenters. The van der Waals surface area contributed by atoms with E-state index in [1.807, 2.05) is 0 Å². The van der Waals surface area contributed by atoms with Gasteiger partial charge in [0.1, 0.15) is 5.02 Å². The number of benzene rings is 1. The van der Waals surface area contributed by atoms with Gasteiger partial charge >= 0.3 is 0 Å². The van der Waals surface area contributed by atoms with Gasteiger partial charge < -0.3 is 20.3 Å². The molecular formula is C19H20ClN5O3. The standard InChI is InChI=1S/C19H20ClN5O3/c1-3-16(26)22-13-6-4-12(5-7-13)18(27)25-9-8-14(11-25)23-19-21-10-15(20)17(24-19)28-2/h3-7,10,14H,1,8-9,11H2,2H3,(H,22,26)(H,21,23,24)/t14-/m0/s1/i2D3. The van der Waals surface area contributed by atoms with Crippen LogP contribution in [0, 0.1) is 0 Å². The predicted octanol–water partition coefficient (Wildman–Crippen LogP) is 2.59. The van der Waals surface area contributed by atoms with Crippen molar-refractivity contribution in [3.8, 4) is 5.88 Å². The second-order valence-electron chi connectivity index (χ2n) is 6.10. The van der Waals surface area contributed by atoms with Crippen LogP contribution in [0.4, 0.5) is 11.6 Å². The zero-order chi connectivity index (χ0) is 22.6. The van der Waals surface area contributed by atoms with Crippen LogP contribution < -0.4 is 15.4 Å². The molecule has 0 spiro atoms. The smallest absolute Gasteiger partial charge is 0.253 e. The number of methoxy groups -OCH3 is 1. The Morgan fingerprint density at radius 1 is 1.43 bits per heavy atom. The summed E-state index contributed by atoms with van der Waals surface area (Å²) in [6.07, 6.45) is 3.07. The van der Waals surface area contributed by atoms with E-state index in [1.54, 1.807) is 29.2 Å². The van der Waals surface area contributed by atoms with E-state index < -0.39 is 7.04 Å². The van der Waals surface area contributed by atoms with Crippen LogP contribution in [-0.4, -0.2) is 52.9 Å². The number of hydrogen-bond acceptors (Lipinski definition) is 6. The molecule has 1 aromatic heterocycles. The van der Waals surface area contributed by atoms with Gasteiger partial charge in [0, 0.05) is 30.4 Å². The van der Waals surface area contributed by atoms with Crippen LogP contribution in [-0.2, 0) is 4.79 Å². The van der Waals surface area contributed by atoms with Crippen molar-refractivity contribution in [3.05, 3.63) is 53.7 Å². The number of hydrogen-bond donors (Lipinski definition) is 2. The molecule has 146 valence electrons. The van der Waals surface area contributed by atoms with E-state index in [-0.39, 0.29) is 34.7 Å². The Balaban J connectivity index is 1.60. The molecule has 0 aliphatic carbocycles. The van der Waals surface area contributed by atoms with Gasteiger partial charge in [-0.05, 0) is 36.8 Å². The maximum absolute atomic E-state index is 12.8. The summed E-state index contributed by atoms with van der Waals surface area (Å²) in [4.78, 5) is 33.8. The van der Waals surface area contributed by atoms with Crippen molar-refractivity contribution in [3.63, 3.8) is 0 Å². The number of amides is 2. The molecule has 2 aromatic rings. The average molecular weight is 405 g/mol. The second-order valence-corrected chi connectivity index (χ2v) is 6.51. The number of likely N-dealkylation sites (tertiary alicyclic amines) is 1. The summed E-state index contributed by atoms with van der Waals surface area (Å²) in [5, 5.41) is 5.68. The summed E-state index contributed by atoms with van der Waals surface area (Å²) >= 11 is 5.89. The lowest BCUT2D eigenvalue weighted by Gasteiger charge is -2.17. The lowest BCUT2D eigenvalue weighted by atomic mass is 10.2. The minimum absolute atomic E-state index is 0.0161. The summed E-state index contributed by atoms with van der Waals surface area (Å²) in [6.45, 7) is 4.33. The lowest BCUT2D eigenvalue weighted by molar-refractivity contribution is -0.111. The van der Waals surface area contributed by atoms with Crippen LogP contribution in [0.15, 0.2) is 43.1 Å². The minimum atomic E-state index is -2.68. The molecule has 0 radical (unpaired) electrons. The number of aromatic nitrogens is 2. The Bertz CT molecular complexity index is 985. The third kappa shape index (κ3) is 4.58. The lowest BCUT2D eigenvalue weighted by Crippen LogP contribution is -2.31. The average Bonchev–Trinajstić information content (AvgIpc) is 3.18. The molecule has 0 bridgehead atoms. The number of nitrogens with one attached hydrogen (secondary N) is 2. The van der Waals surface area contributed by atoms with Gasteiger partial charge in [-0.25, -0.2) is 4.98 Å². The van der Waals surface area contributed by atoms with Gasteiger partial charge in [-0.3, -0.25) is 9.59 Å². The molecule has 28 heavy (non-hydrogen) atoms.